The highest BCUT2D eigenvalue weighted by Gasteiger charge is 2.49. The number of hydrogen-bond donors (Lipinski definition) is 0. The van der Waals surface area contributed by atoms with Crippen LogP contribution in [0.4, 0.5) is 52.7 Å². The molecule has 0 aliphatic heterocycles. The van der Waals surface area contributed by atoms with E-state index in [0.717, 1.165) is 24.3 Å². The highest BCUT2D eigenvalue weighted by atomic mass is 19.4. The first-order valence-corrected chi connectivity index (χ1v) is 12.9. The van der Waals surface area contributed by atoms with Crippen LogP contribution in [0.25, 0.3) is 11.1 Å². The van der Waals surface area contributed by atoms with Crippen molar-refractivity contribution < 1.29 is 52.7 Å². The first kappa shape index (κ1) is 38.9. The predicted molar refractivity (Wildman–Crippen MR) is 143 cm³/mol. The van der Waals surface area contributed by atoms with Crippen LogP contribution in [0.15, 0.2) is 24.3 Å². The lowest BCUT2D eigenvalue weighted by Gasteiger charge is -2.20. The zero-order chi connectivity index (χ0) is 39.7. The number of nitrogens with zero attached hydrogens (tertiary/aromatic N) is 8. The van der Waals surface area contributed by atoms with Gasteiger partial charge in [0.05, 0.1) is 78.9 Å². The van der Waals surface area contributed by atoms with E-state index in [9.17, 15) is 94.8 Å². The Hall–Kier alpha value is -7.52. The van der Waals surface area contributed by atoms with Crippen molar-refractivity contribution in [1.82, 2.24) is 0 Å². The first-order valence-electron chi connectivity index (χ1n) is 12.9. The minimum atomic E-state index is -5.99. The van der Waals surface area contributed by atoms with Gasteiger partial charge < -0.3 is 0 Å². The second-order valence-corrected chi connectivity index (χ2v) is 9.74. The Bertz CT molecular complexity index is 2370. The fraction of sp³-hybridized carbons (Fsp3) is 0.125. The maximum atomic E-state index is 14.0. The Morgan fingerprint density at radius 1 is 0.385 bits per heavy atom. The van der Waals surface area contributed by atoms with Crippen LogP contribution in [0, 0.1) is 90.6 Å². The molecule has 0 heterocycles. The normalized spacial score (nSPS) is 12.7. The SMILES string of the molecule is N#C/C(c1cc(C#N)c(C(F)(F)F)c(C(F)(F)F)c1C#N)=c1/cc/c(=C(/C#N)c2cc(C#N)c(C(F)(F)F)c(C(F)(F)F)c2C#N)c(C#N)c1C#N. The number of nitriles is 8. The van der Waals surface area contributed by atoms with Gasteiger partial charge in [0.2, 0.25) is 0 Å². The summed E-state index contributed by atoms with van der Waals surface area (Å²) >= 11 is 0. The number of halogens is 12. The summed E-state index contributed by atoms with van der Waals surface area (Å²) in [5, 5.41) is 75.7. The predicted octanol–water partition coefficient (Wildman–Crippen LogP) is 6.44. The molecule has 0 aliphatic carbocycles. The van der Waals surface area contributed by atoms with Crippen LogP contribution in [-0.2, 0) is 24.7 Å². The second kappa shape index (κ2) is 13.4. The van der Waals surface area contributed by atoms with E-state index >= 15 is 0 Å². The van der Waals surface area contributed by atoms with Gasteiger partial charge in [0.15, 0.2) is 0 Å². The van der Waals surface area contributed by atoms with E-state index < -0.39 is 113 Å². The molecular formula is C32H4F12N8. The maximum Gasteiger partial charge on any atom is 0.418 e. The smallest absolute Gasteiger partial charge is 0.192 e. The molecule has 8 nitrogen and oxygen atoms in total. The van der Waals surface area contributed by atoms with Crippen LogP contribution in [0.5, 0.6) is 0 Å². The largest absolute Gasteiger partial charge is 0.418 e. The molecule has 0 aromatic heterocycles. The average molecular weight is 728 g/mol. The van der Waals surface area contributed by atoms with Crippen molar-refractivity contribution in [2.24, 2.45) is 0 Å². The van der Waals surface area contributed by atoms with Gasteiger partial charge >= 0.3 is 24.7 Å². The lowest BCUT2D eigenvalue weighted by Crippen LogP contribution is -2.25. The molecule has 0 saturated heterocycles. The summed E-state index contributed by atoms with van der Waals surface area (Å²) in [5.74, 6) is 0. The molecule has 0 unspecified atom stereocenters. The van der Waals surface area contributed by atoms with Gasteiger partial charge in [0.1, 0.15) is 36.4 Å². The third-order valence-electron chi connectivity index (χ3n) is 6.98. The molecule has 256 valence electrons. The lowest BCUT2D eigenvalue weighted by molar-refractivity contribution is -0.162. The standard InChI is InChI=1S/C32H4F12N8/c33-29(34,35)25-13(5-45)3-17(23(11-51)27(25)31(39,40)41)19(7-47)15-1-2-16(22(10-50)21(15)9-49)20(8-48)18-4-14(6-46)26(30(36,37)38)28(24(18)12-52)32(42,43)44/h1-4H/b19-15+,20-16+. The minimum absolute atomic E-state index is 0.0760. The highest BCUT2D eigenvalue weighted by molar-refractivity contribution is 5.86. The molecule has 0 saturated carbocycles. The van der Waals surface area contributed by atoms with E-state index in [-0.39, 0.29) is 12.1 Å². The molecule has 0 fully saturated rings. The third-order valence-corrected chi connectivity index (χ3v) is 6.98. The summed E-state index contributed by atoms with van der Waals surface area (Å²) in [6.45, 7) is 0. The molecule has 3 rings (SSSR count). The second-order valence-electron chi connectivity index (χ2n) is 9.74. The Morgan fingerprint density at radius 2 is 0.654 bits per heavy atom. The van der Waals surface area contributed by atoms with Crippen molar-refractivity contribution in [2.45, 2.75) is 24.7 Å². The molecule has 52 heavy (non-hydrogen) atoms. The van der Waals surface area contributed by atoms with Crippen molar-refractivity contribution in [3.63, 3.8) is 0 Å². The van der Waals surface area contributed by atoms with Crippen LogP contribution in [0.3, 0.4) is 0 Å². The summed E-state index contributed by atoms with van der Waals surface area (Å²) in [4.78, 5) is 0. The Balaban J connectivity index is 2.79. The van der Waals surface area contributed by atoms with Crippen molar-refractivity contribution in [3.8, 4) is 48.6 Å². The average Bonchev–Trinajstić information content (AvgIpc) is 3.05. The van der Waals surface area contributed by atoms with Gasteiger partial charge in [0, 0.05) is 21.6 Å². The van der Waals surface area contributed by atoms with Gasteiger partial charge in [-0.25, -0.2) is 0 Å². The van der Waals surface area contributed by atoms with Crippen LogP contribution in [0.1, 0.15) is 66.8 Å². The molecule has 0 amide bonds. The van der Waals surface area contributed by atoms with Crippen LogP contribution >= 0.6 is 0 Å². The molecule has 0 spiro atoms. The van der Waals surface area contributed by atoms with E-state index in [1.54, 1.807) is 0 Å². The third kappa shape index (κ3) is 6.57. The Kier molecular flexibility index (Phi) is 10.0. The minimum Gasteiger partial charge on any atom is -0.192 e. The monoisotopic (exact) mass is 728 g/mol. The van der Waals surface area contributed by atoms with E-state index in [0.29, 0.717) is 12.1 Å². The Labute approximate surface area is 280 Å². The molecule has 0 bridgehead atoms. The zero-order valence-corrected chi connectivity index (χ0v) is 24.4. The molecular weight excluding hydrogens is 724 g/mol. The summed E-state index contributed by atoms with van der Waals surface area (Å²) in [6, 6.07) is 9.89. The van der Waals surface area contributed by atoms with Gasteiger partial charge in [-0.15, -0.1) is 0 Å². The van der Waals surface area contributed by atoms with Gasteiger partial charge in [-0.3, -0.25) is 0 Å². The number of rotatable bonds is 2. The van der Waals surface area contributed by atoms with E-state index in [2.05, 4.69) is 0 Å². The fourth-order valence-electron chi connectivity index (χ4n) is 5.11. The Morgan fingerprint density at radius 3 is 0.846 bits per heavy atom. The molecule has 3 aromatic carbocycles. The maximum absolute atomic E-state index is 14.0. The highest BCUT2D eigenvalue weighted by Crippen LogP contribution is 2.47. The number of benzene rings is 3. The van der Waals surface area contributed by atoms with Crippen molar-refractivity contribution in [2.75, 3.05) is 0 Å². The van der Waals surface area contributed by atoms with Gasteiger partial charge in [-0.1, -0.05) is 12.1 Å². The van der Waals surface area contributed by atoms with Crippen molar-refractivity contribution in [3.05, 3.63) is 101 Å². The van der Waals surface area contributed by atoms with Crippen LogP contribution in [0.2, 0.25) is 0 Å². The molecule has 0 N–H and O–H groups in total. The number of alkyl halides is 12. The topological polar surface area (TPSA) is 190 Å². The summed E-state index contributed by atoms with van der Waals surface area (Å²) in [5.41, 5.74) is -25.1. The fourth-order valence-corrected chi connectivity index (χ4v) is 5.11. The van der Waals surface area contributed by atoms with Crippen molar-refractivity contribution >= 4 is 11.1 Å². The molecule has 0 radical (unpaired) electrons. The van der Waals surface area contributed by atoms with E-state index in [4.69, 9.17) is 0 Å². The van der Waals surface area contributed by atoms with E-state index in [1.807, 2.05) is 0 Å². The van der Waals surface area contributed by atoms with E-state index in [1.165, 1.54) is 24.3 Å². The summed E-state index contributed by atoms with van der Waals surface area (Å²) in [6.07, 6.45) is -23.8. The van der Waals surface area contributed by atoms with Crippen LogP contribution in [-0.4, -0.2) is 0 Å². The lowest BCUT2D eigenvalue weighted by atomic mass is 9.85. The zero-order valence-electron chi connectivity index (χ0n) is 24.4. The quantitative estimate of drug-likeness (QED) is 0.269. The molecule has 0 aliphatic rings. The van der Waals surface area contributed by atoms with Gasteiger partial charge in [0.25, 0.3) is 0 Å². The number of hydrogen-bond acceptors (Lipinski definition) is 8. The molecule has 3 aromatic rings. The van der Waals surface area contributed by atoms with Gasteiger partial charge in [-0.05, 0) is 12.1 Å². The summed E-state index contributed by atoms with van der Waals surface area (Å²) < 4.78 is 167. The first-order chi connectivity index (χ1) is 24.0. The van der Waals surface area contributed by atoms with Gasteiger partial charge in [-0.2, -0.15) is 94.8 Å². The van der Waals surface area contributed by atoms with Crippen LogP contribution < -0.4 is 10.4 Å². The molecule has 20 heteroatoms. The molecule has 0 atom stereocenters. The van der Waals surface area contributed by atoms with Crippen molar-refractivity contribution in [1.29, 1.82) is 42.1 Å². The summed E-state index contributed by atoms with van der Waals surface area (Å²) in [7, 11) is 0.